The molecule has 1 amide bonds. The van der Waals surface area contributed by atoms with E-state index in [0.717, 1.165) is 12.2 Å². The van der Waals surface area contributed by atoms with E-state index in [9.17, 15) is 4.79 Å². The van der Waals surface area contributed by atoms with Gasteiger partial charge in [0.05, 0.1) is 0 Å². The van der Waals surface area contributed by atoms with E-state index < -0.39 is 0 Å². The molecule has 0 saturated carbocycles. The van der Waals surface area contributed by atoms with Crippen molar-refractivity contribution in [1.29, 1.82) is 0 Å². The number of hydrogen-bond donors (Lipinski definition) is 2. The smallest absolute Gasteiger partial charge is 0.220 e. The van der Waals surface area contributed by atoms with Crippen LogP contribution in [0.4, 0.5) is 5.82 Å². The van der Waals surface area contributed by atoms with Crippen LogP contribution >= 0.6 is 0 Å². The Bertz CT molecular complexity index is 304. The average Bonchev–Trinajstić information content (AvgIpc) is 2.23. The molecule has 1 fully saturated rings. The summed E-state index contributed by atoms with van der Waals surface area (Å²) in [6, 6.07) is 2.10. The second-order valence-electron chi connectivity index (χ2n) is 3.28. The van der Waals surface area contributed by atoms with Crippen molar-refractivity contribution in [2.24, 2.45) is 0 Å². The van der Waals surface area contributed by atoms with Crippen LogP contribution in [0.5, 0.6) is 0 Å². The fraction of sp³-hybridized carbons (Fsp3) is 0.444. The number of nitrogens with zero attached hydrogens (tertiary/aromatic N) is 2. The van der Waals surface area contributed by atoms with E-state index in [-0.39, 0.29) is 11.9 Å². The maximum absolute atomic E-state index is 10.9. The first-order valence-electron chi connectivity index (χ1n) is 4.64. The maximum atomic E-state index is 10.9. The Morgan fingerprint density at radius 3 is 3.14 bits per heavy atom. The predicted molar refractivity (Wildman–Crippen MR) is 51.7 cm³/mol. The molecule has 74 valence electrons. The lowest BCUT2D eigenvalue weighted by Gasteiger charge is -2.23. The highest BCUT2D eigenvalue weighted by atomic mass is 16.1. The van der Waals surface area contributed by atoms with Gasteiger partial charge in [-0.2, -0.15) is 0 Å². The molecule has 1 saturated heterocycles. The van der Waals surface area contributed by atoms with Gasteiger partial charge in [0.2, 0.25) is 5.91 Å². The van der Waals surface area contributed by atoms with Crippen LogP contribution in [0.25, 0.3) is 0 Å². The minimum Gasteiger partial charge on any atom is -0.365 e. The first kappa shape index (κ1) is 8.93. The van der Waals surface area contributed by atoms with Crippen molar-refractivity contribution in [2.45, 2.75) is 18.9 Å². The van der Waals surface area contributed by atoms with Gasteiger partial charge in [-0.1, -0.05) is 0 Å². The van der Waals surface area contributed by atoms with Crippen LogP contribution in [0.2, 0.25) is 0 Å². The summed E-state index contributed by atoms with van der Waals surface area (Å²) in [5.74, 6) is 0.937. The number of amides is 1. The fourth-order valence-corrected chi connectivity index (χ4v) is 1.44. The molecule has 5 nitrogen and oxygen atoms in total. The number of carbonyl (C=O) groups is 1. The van der Waals surface area contributed by atoms with Gasteiger partial charge in [-0.25, -0.2) is 9.97 Å². The second kappa shape index (κ2) is 4.04. The van der Waals surface area contributed by atoms with Crippen molar-refractivity contribution in [3.63, 3.8) is 0 Å². The zero-order valence-corrected chi connectivity index (χ0v) is 7.73. The zero-order chi connectivity index (χ0) is 9.80. The molecule has 5 heteroatoms. The number of rotatable bonds is 2. The summed E-state index contributed by atoms with van der Waals surface area (Å²) < 4.78 is 0. The van der Waals surface area contributed by atoms with Crippen LogP contribution in [0, 0.1) is 0 Å². The Hall–Kier alpha value is -1.65. The number of nitrogens with one attached hydrogen (secondary N) is 2. The molecule has 1 atom stereocenters. The second-order valence-corrected chi connectivity index (χ2v) is 3.28. The van der Waals surface area contributed by atoms with Crippen LogP contribution in [-0.4, -0.2) is 28.5 Å². The molecular formula is C9H12N4O. The lowest BCUT2D eigenvalue weighted by Crippen LogP contribution is -2.42. The van der Waals surface area contributed by atoms with Gasteiger partial charge in [0.25, 0.3) is 0 Å². The molecule has 2 N–H and O–H groups in total. The molecule has 1 aliphatic rings. The summed E-state index contributed by atoms with van der Waals surface area (Å²) in [4.78, 5) is 18.8. The monoisotopic (exact) mass is 192 g/mol. The van der Waals surface area contributed by atoms with E-state index in [4.69, 9.17) is 0 Å². The summed E-state index contributed by atoms with van der Waals surface area (Å²) in [5.41, 5.74) is 0. The largest absolute Gasteiger partial charge is 0.365 e. The van der Waals surface area contributed by atoms with Gasteiger partial charge in [-0.05, 0) is 12.5 Å². The Morgan fingerprint density at radius 1 is 1.57 bits per heavy atom. The molecule has 0 bridgehead atoms. The first-order chi connectivity index (χ1) is 6.84. The van der Waals surface area contributed by atoms with Crippen molar-refractivity contribution >= 4 is 11.7 Å². The van der Waals surface area contributed by atoms with Crippen molar-refractivity contribution in [3.8, 4) is 0 Å². The molecule has 1 aromatic heterocycles. The minimum atomic E-state index is 0.130. The highest BCUT2D eigenvalue weighted by Gasteiger charge is 2.17. The third kappa shape index (κ3) is 2.18. The number of piperidine rings is 1. The molecule has 0 aromatic carbocycles. The van der Waals surface area contributed by atoms with Gasteiger partial charge in [-0.3, -0.25) is 4.79 Å². The topological polar surface area (TPSA) is 66.9 Å². The van der Waals surface area contributed by atoms with Crippen molar-refractivity contribution in [3.05, 3.63) is 18.6 Å². The molecule has 0 radical (unpaired) electrons. The summed E-state index contributed by atoms with van der Waals surface area (Å²) >= 11 is 0. The van der Waals surface area contributed by atoms with Gasteiger partial charge in [0.15, 0.2) is 0 Å². The summed E-state index contributed by atoms with van der Waals surface area (Å²) in [6.45, 7) is 0.669. The van der Waals surface area contributed by atoms with Crippen LogP contribution in [0.3, 0.4) is 0 Å². The number of aromatic nitrogens is 2. The summed E-state index contributed by atoms with van der Waals surface area (Å²) in [5, 5.41) is 6.04. The van der Waals surface area contributed by atoms with Gasteiger partial charge in [-0.15, -0.1) is 0 Å². The van der Waals surface area contributed by atoms with E-state index in [1.165, 1.54) is 6.33 Å². The van der Waals surface area contributed by atoms with Gasteiger partial charge >= 0.3 is 0 Å². The van der Waals surface area contributed by atoms with E-state index in [2.05, 4.69) is 20.6 Å². The van der Waals surface area contributed by atoms with Crippen molar-refractivity contribution in [2.75, 3.05) is 11.9 Å². The van der Waals surface area contributed by atoms with Crippen LogP contribution in [-0.2, 0) is 4.79 Å². The third-order valence-electron chi connectivity index (χ3n) is 2.20. The lowest BCUT2D eigenvalue weighted by atomic mass is 10.1. The summed E-state index contributed by atoms with van der Waals surface area (Å²) in [6.07, 6.45) is 4.64. The van der Waals surface area contributed by atoms with E-state index in [1.54, 1.807) is 6.20 Å². The molecule has 1 aliphatic heterocycles. The van der Waals surface area contributed by atoms with E-state index in [1.807, 2.05) is 6.07 Å². The lowest BCUT2D eigenvalue weighted by molar-refractivity contribution is -0.122. The number of hydrogen-bond acceptors (Lipinski definition) is 4. The Balaban J connectivity index is 1.89. The van der Waals surface area contributed by atoms with Gasteiger partial charge < -0.3 is 10.6 Å². The van der Waals surface area contributed by atoms with Gasteiger partial charge in [0.1, 0.15) is 12.1 Å². The predicted octanol–water partition coefficient (Wildman–Crippen LogP) is 0.167. The van der Waals surface area contributed by atoms with Crippen LogP contribution in [0.1, 0.15) is 12.8 Å². The molecule has 2 heterocycles. The van der Waals surface area contributed by atoms with Gasteiger partial charge in [0, 0.05) is 25.2 Å². The van der Waals surface area contributed by atoms with Crippen molar-refractivity contribution < 1.29 is 4.79 Å². The SMILES string of the molecule is O=C1CCC(Nc2ccncn2)CN1. The number of carbonyl (C=O) groups excluding carboxylic acids is 1. The van der Waals surface area contributed by atoms with Crippen LogP contribution < -0.4 is 10.6 Å². The van der Waals surface area contributed by atoms with E-state index >= 15 is 0 Å². The fourth-order valence-electron chi connectivity index (χ4n) is 1.44. The molecule has 2 rings (SSSR count). The average molecular weight is 192 g/mol. The molecule has 0 spiro atoms. The first-order valence-corrected chi connectivity index (χ1v) is 4.64. The van der Waals surface area contributed by atoms with Crippen molar-refractivity contribution in [1.82, 2.24) is 15.3 Å². The standard InChI is InChI=1S/C9H12N4O/c14-9-2-1-7(5-11-9)13-8-3-4-10-6-12-8/h3-4,6-7H,1-2,5H2,(H,11,14)(H,10,12,13). The molecular weight excluding hydrogens is 180 g/mol. The molecule has 14 heavy (non-hydrogen) atoms. The highest BCUT2D eigenvalue weighted by Crippen LogP contribution is 2.08. The minimum absolute atomic E-state index is 0.130. The van der Waals surface area contributed by atoms with Crippen LogP contribution in [0.15, 0.2) is 18.6 Å². The molecule has 0 aliphatic carbocycles. The van der Waals surface area contributed by atoms with E-state index in [0.29, 0.717) is 13.0 Å². The molecule has 1 aromatic rings. The zero-order valence-electron chi connectivity index (χ0n) is 7.73. The Labute approximate surface area is 82.0 Å². The third-order valence-corrected chi connectivity index (χ3v) is 2.20. The normalized spacial score (nSPS) is 21.4. The quantitative estimate of drug-likeness (QED) is 0.700. The maximum Gasteiger partial charge on any atom is 0.220 e. The Kier molecular flexibility index (Phi) is 2.58. The molecule has 1 unspecified atom stereocenters. The Morgan fingerprint density at radius 2 is 2.50 bits per heavy atom. The highest BCUT2D eigenvalue weighted by molar-refractivity contribution is 5.76. The number of anilines is 1. The summed E-state index contributed by atoms with van der Waals surface area (Å²) in [7, 11) is 0.